The standard InChI is InChI=1S/C14H30N2O3/c1-3-14(4-2,12-17)11-15-9-13(18)10-16-5-7-19-8-6-16/h13,15,17-18H,3-12H2,1-2H3. The number of rotatable bonds is 9. The molecule has 0 aromatic rings. The predicted molar refractivity (Wildman–Crippen MR) is 76.2 cm³/mol. The van der Waals surface area contributed by atoms with Gasteiger partial charge in [0.25, 0.3) is 0 Å². The third-order valence-corrected chi connectivity index (χ3v) is 4.29. The van der Waals surface area contributed by atoms with Crippen molar-refractivity contribution < 1.29 is 14.9 Å². The number of hydrogen-bond donors (Lipinski definition) is 3. The average Bonchev–Trinajstić information content (AvgIpc) is 2.45. The molecule has 0 spiro atoms. The van der Waals surface area contributed by atoms with Crippen molar-refractivity contribution in [2.45, 2.75) is 32.8 Å². The van der Waals surface area contributed by atoms with Crippen molar-refractivity contribution >= 4 is 0 Å². The van der Waals surface area contributed by atoms with Crippen LogP contribution in [-0.4, -0.2) is 73.8 Å². The number of ether oxygens (including phenoxy) is 1. The topological polar surface area (TPSA) is 65.0 Å². The predicted octanol–water partition coefficient (Wildman–Crippen LogP) is 0.0678. The molecule has 1 heterocycles. The van der Waals surface area contributed by atoms with Gasteiger partial charge in [0.05, 0.1) is 19.3 Å². The summed E-state index contributed by atoms with van der Waals surface area (Å²) < 4.78 is 5.28. The maximum absolute atomic E-state index is 10.0. The van der Waals surface area contributed by atoms with Gasteiger partial charge in [0, 0.05) is 44.7 Å². The lowest BCUT2D eigenvalue weighted by Gasteiger charge is -2.31. The second-order valence-corrected chi connectivity index (χ2v) is 5.56. The molecule has 5 nitrogen and oxygen atoms in total. The normalized spacial score (nSPS) is 19.6. The SMILES string of the molecule is CCC(CC)(CO)CNCC(O)CN1CCOCC1. The molecule has 1 fully saturated rings. The first-order valence-electron chi connectivity index (χ1n) is 7.45. The van der Waals surface area contributed by atoms with Crippen LogP contribution in [0, 0.1) is 5.41 Å². The van der Waals surface area contributed by atoms with Gasteiger partial charge in [-0.1, -0.05) is 13.8 Å². The maximum atomic E-state index is 10.0. The molecule has 0 aromatic carbocycles. The highest BCUT2D eigenvalue weighted by atomic mass is 16.5. The van der Waals surface area contributed by atoms with E-state index in [9.17, 15) is 10.2 Å². The fraction of sp³-hybridized carbons (Fsp3) is 1.00. The Bertz CT molecular complexity index is 220. The molecule has 0 saturated carbocycles. The van der Waals surface area contributed by atoms with Crippen LogP contribution in [0.15, 0.2) is 0 Å². The molecule has 1 unspecified atom stereocenters. The Labute approximate surface area is 116 Å². The molecule has 1 atom stereocenters. The zero-order valence-electron chi connectivity index (χ0n) is 12.4. The van der Waals surface area contributed by atoms with Gasteiger partial charge in [-0.2, -0.15) is 0 Å². The van der Waals surface area contributed by atoms with Crippen molar-refractivity contribution in [1.82, 2.24) is 10.2 Å². The smallest absolute Gasteiger partial charge is 0.0791 e. The van der Waals surface area contributed by atoms with Gasteiger partial charge >= 0.3 is 0 Å². The molecule has 1 aliphatic heterocycles. The van der Waals surface area contributed by atoms with E-state index in [-0.39, 0.29) is 18.1 Å². The molecule has 3 N–H and O–H groups in total. The Morgan fingerprint density at radius 2 is 1.89 bits per heavy atom. The monoisotopic (exact) mass is 274 g/mol. The van der Waals surface area contributed by atoms with E-state index < -0.39 is 0 Å². The Kier molecular flexibility index (Phi) is 7.87. The first kappa shape index (κ1) is 16.9. The lowest BCUT2D eigenvalue weighted by Crippen LogP contribution is -2.45. The Morgan fingerprint density at radius 3 is 2.42 bits per heavy atom. The van der Waals surface area contributed by atoms with Crippen LogP contribution >= 0.6 is 0 Å². The minimum absolute atomic E-state index is 0.0430. The van der Waals surface area contributed by atoms with Crippen molar-refractivity contribution in [2.24, 2.45) is 5.41 Å². The van der Waals surface area contributed by atoms with E-state index in [1.165, 1.54) is 0 Å². The minimum Gasteiger partial charge on any atom is -0.396 e. The van der Waals surface area contributed by atoms with Crippen molar-refractivity contribution in [1.29, 1.82) is 0 Å². The second-order valence-electron chi connectivity index (χ2n) is 5.56. The molecule has 1 aliphatic rings. The van der Waals surface area contributed by atoms with Crippen LogP contribution in [0.25, 0.3) is 0 Å². The van der Waals surface area contributed by atoms with Crippen LogP contribution in [0.4, 0.5) is 0 Å². The van der Waals surface area contributed by atoms with E-state index in [1.54, 1.807) is 0 Å². The van der Waals surface area contributed by atoms with E-state index in [1.807, 2.05) is 0 Å². The summed E-state index contributed by atoms with van der Waals surface area (Å²) in [7, 11) is 0. The fourth-order valence-electron chi connectivity index (χ4n) is 2.43. The number of aliphatic hydroxyl groups excluding tert-OH is 2. The van der Waals surface area contributed by atoms with E-state index in [4.69, 9.17) is 4.74 Å². The van der Waals surface area contributed by atoms with Crippen molar-refractivity contribution in [3.63, 3.8) is 0 Å². The molecule has 5 heteroatoms. The summed E-state index contributed by atoms with van der Waals surface area (Å²) in [5, 5.41) is 22.8. The van der Waals surface area contributed by atoms with E-state index >= 15 is 0 Å². The first-order valence-corrected chi connectivity index (χ1v) is 7.45. The molecular formula is C14H30N2O3. The molecule has 0 aliphatic carbocycles. The molecule has 0 amide bonds. The van der Waals surface area contributed by atoms with Gasteiger partial charge in [0.1, 0.15) is 0 Å². The summed E-state index contributed by atoms with van der Waals surface area (Å²) in [4.78, 5) is 2.23. The van der Waals surface area contributed by atoms with Crippen LogP contribution in [0.5, 0.6) is 0 Å². The van der Waals surface area contributed by atoms with Gasteiger partial charge in [-0.3, -0.25) is 4.90 Å². The van der Waals surface area contributed by atoms with Crippen LogP contribution in [0.1, 0.15) is 26.7 Å². The maximum Gasteiger partial charge on any atom is 0.0791 e. The van der Waals surface area contributed by atoms with Gasteiger partial charge < -0.3 is 20.3 Å². The van der Waals surface area contributed by atoms with Crippen molar-refractivity contribution in [3.05, 3.63) is 0 Å². The van der Waals surface area contributed by atoms with E-state index in [0.29, 0.717) is 13.1 Å². The number of nitrogens with one attached hydrogen (secondary N) is 1. The molecule has 114 valence electrons. The van der Waals surface area contributed by atoms with Crippen LogP contribution < -0.4 is 5.32 Å². The Morgan fingerprint density at radius 1 is 1.26 bits per heavy atom. The molecule has 0 aromatic heterocycles. The summed E-state index contributed by atoms with van der Waals surface area (Å²) >= 11 is 0. The van der Waals surface area contributed by atoms with E-state index in [2.05, 4.69) is 24.1 Å². The summed E-state index contributed by atoms with van der Waals surface area (Å²) in [5.41, 5.74) is -0.0430. The third kappa shape index (κ3) is 5.75. The number of β-amino-alcohol motifs (C(OH)–C–C–N with tert-alkyl or cyclic N) is 1. The Hall–Kier alpha value is -0.200. The van der Waals surface area contributed by atoms with Gasteiger partial charge in [-0.25, -0.2) is 0 Å². The summed E-state index contributed by atoms with van der Waals surface area (Å²) in [6, 6.07) is 0. The summed E-state index contributed by atoms with van der Waals surface area (Å²) in [6.07, 6.45) is 1.54. The molecule has 1 saturated heterocycles. The zero-order chi connectivity index (χ0) is 14.1. The highest BCUT2D eigenvalue weighted by molar-refractivity contribution is 4.79. The van der Waals surface area contributed by atoms with E-state index in [0.717, 1.165) is 45.7 Å². The van der Waals surface area contributed by atoms with Gasteiger partial charge in [0.15, 0.2) is 0 Å². The minimum atomic E-state index is -0.358. The quantitative estimate of drug-likeness (QED) is 0.555. The number of hydrogen-bond acceptors (Lipinski definition) is 5. The average molecular weight is 274 g/mol. The lowest BCUT2D eigenvalue weighted by molar-refractivity contribution is 0.0139. The first-order chi connectivity index (χ1) is 9.15. The summed E-state index contributed by atoms with van der Waals surface area (Å²) in [5.74, 6) is 0. The van der Waals surface area contributed by atoms with Gasteiger partial charge in [-0.15, -0.1) is 0 Å². The lowest BCUT2D eigenvalue weighted by atomic mass is 9.83. The van der Waals surface area contributed by atoms with Crippen molar-refractivity contribution in [3.8, 4) is 0 Å². The molecular weight excluding hydrogens is 244 g/mol. The number of morpholine rings is 1. The highest BCUT2D eigenvalue weighted by Crippen LogP contribution is 2.24. The second kappa shape index (κ2) is 8.87. The molecule has 19 heavy (non-hydrogen) atoms. The zero-order valence-corrected chi connectivity index (χ0v) is 12.4. The summed E-state index contributed by atoms with van der Waals surface area (Å²) in [6.45, 7) is 9.78. The Balaban J connectivity index is 2.20. The molecule has 0 bridgehead atoms. The molecule has 0 radical (unpaired) electrons. The molecule has 1 rings (SSSR count). The number of aliphatic hydroxyl groups is 2. The highest BCUT2D eigenvalue weighted by Gasteiger charge is 2.25. The number of nitrogens with zero attached hydrogens (tertiary/aromatic N) is 1. The van der Waals surface area contributed by atoms with Gasteiger partial charge in [-0.05, 0) is 12.8 Å². The largest absolute Gasteiger partial charge is 0.396 e. The van der Waals surface area contributed by atoms with Crippen LogP contribution in [-0.2, 0) is 4.74 Å². The third-order valence-electron chi connectivity index (χ3n) is 4.29. The fourth-order valence-corrected chi connectivity index (χ4v) is 2.43. The van der Waals surface area contributed by atoms with Crippen molar-refractivity contribution in [2.75, 3.05) is 52.5 Å². The van der Waals surface area contributed by atoms with Gasteiger partial charge in [0.2, 0.25) is 0 Å². The van der Waals surface area contributed by atoms with Crippen LogP contribution in [0.2, 0.25) is 0 Å². The van der Waals surface area contributed by atoms with Crippen LogP contribution in [0.3, 0.4) is 0 Å².